The molecule has 0 aliphatic rings. The van der Waals surface area contributed by atoms with E-state index in [1.807, 2.05) is 6.92 Å². The second-order valence-electron chi connectivity index (χ2n) is 2.29. The van der Waals surface area contributed by atoms with Gasteiger partial charge >= 0.3 is 0 Å². The number of aryl methyl sites for hydroxylation is 1. The third-order valence-electron chi connectivity index (χ3n) is 1.32. The molecule has 3 N–H and O–H groups in total. The maximum atomic E-state index is 10.5. The zero-order chi connectivity index (χ0) is 8.48. The second kappa shape index (κ2) is 5.36. The van der Waals surface area contributed by atoms with Gasteiger partial charge in [-0.15, -0.1) is 0 Å². The number of benzene rings is 1. The Bertz CT molecular complexity index is 343. The molecule has 0 aliphatic carbocycles. The van der Waals surface area contributed by atoms with Crippen molar-refractivity contribution in [3.63, 3.8) is 0 Å². The minimum atomic E-state index is -4.02. The molecule has 0 aliphatic heterocycles. The molecule has 1 radical (unpaired) electrons. The van der Waals surface area contributed by atoms with E-state index in [0.717, 1.165) is 5.56 Å². The van der Waals surface area contributed by atoms with Crippen LogP contribution in [0.5, 0.6) is 0 Å². The first kappa shape index (κ1) is 15.1. The molecule has 0 saturated heterocycles. The van der Waals surface area contributed by atoms with Gasteiger partial charge in [-0.1, -0.05) is 17.7 Å². The second-order valence-corrected chi connectivity index (χ2v) is 3.71. The van der Waals surface area contributed by atoms with E-state index in [9.17, 15) is 8.42 Å². The van der Waals surface area contributed by atoms with Crippen LogP contribution in [0.1, 0.15) is 5.56 Å². The molecular formula is C7H10MnO4S. The van der Waals surface area contributed by atoms with Gasteiger partial charge in [-0.25, -0.2) is 0 Å². The molecule has 0 heterocycles. The molecule has 1 aromatic rings. The van der Waals surface area contributed by atoms with Crippen LogP contribution < -0.4 is 0 Å². The minimum absolute atomic E-state index is 0. The van der Waals surface area contributed by atoms with Crippen LogP contribution in [0.15, 0.2) is 29.2 Å². The smallest absolute Gasteiger partial charge is 0.294 e. The van der Waals surface area contributed by atoms with Gasteiger partial charge in [0.15, 0.2) is 0 Å². The quantitative estimate of drug-likeness (QED) is 0.574. The van der Waals surface area contributed by atoms with E-state index in [-0.39, 0.29) is 27.4 Å². The maximum absolute atomic E-state index is 10.5. The van der Waals surface area contributed by atoms with Gasteiger partial charge in [-0.2, -0.15) is 8.42 Å². The van der Waals surface area contributed by atoms with Crippen LogP contribution in [0.25, 0.3) is 0 Å². The number of hydrogen-bond acceptors (Lipinski definition) is 2. The fourth-order valence-electron chi connectivity index (χ4n) is 0.710. The van der Waals surface area contributed by atoms with Gasteiger partial charge < -0.3 is 5.48 Å². The molecule has 0 atom stereocenters. The van der Waals surface area contributed by atoms with Gasteiger partial charge in [0, 0.05) is 17.1 Å². The van der Waals surface area contributed by atoms with Crippen LogP contribution >= 0.6 is 0 Å². The predicted octanol–water partition coefficient (Wildman–Crippen LogP) is 0.415. The van der Waals surface area contributed by atoms with Crippen LogP contribution in [0.2, 0.25) is 0 Å². The molecule has 4 nitrogen and oxygen atoms in total. The minimum Gasteiger partial charge on any atom is -0.412 e. The fourth-order valence-corrected chi connectivity index (χ4v) is 1.19. The largest absolute Gasteiger partial charge is 0.412 e. The number of hydrogen-bond donors (Lipinski definition) is 1. The Morgan fingerprint density at radius 2 is 1.54 bits per heavy atom. The van der Waals surface area contributed by atoms with Crippen LogP contribution in [0.3, 0.4) is 0 Å². The van der Waals surface area contributed by atoms with Gasteiger partial charge in [0.25, 0.3) is 10.1 Å². The summed E-state index contributed by atoms with van der Waals surface area (Å²) in [7, 11) is -4.02. The summed E-state index contributed by atoms with van der Waals surface area (Å²) in [6, 6.07) is 5.99. The summed E-state index contributed by atoms with van der Waals surface area (Å²) in [6.45, 7) is 1.84. The molecule has 0 fully saturated rings. The Hall–Kier alpha value is -0.391. The maximum Gasteiger partial charge on any atom is 0.294 e. The van der Waals surface area contributed by atoms with Crippen LogP contribution in [-0.4, -0.2) is 18.4 Å². The topological polar surface area (TPSA) is 85.9 Å². The van der Waals surface area contributed by atoms with Gasteiger partial charge in [0.2, 0.25) is 0 Å². The predicted molar refractivity (Wildman–Crippen MR) is 44.6 cm³/mol. The Kier molecular flexibility index (Phi) is 6.23. The molecular weight excluding hydrogens is 235 g/mol. The van der Waals surface area contributed by atoms with Crippen molar-refractivity contribution in [2.45, 2.75) is 11.8 Å². The molecule has 0 bridgehead atoms. The summed E-state index contributed by atoms with van der Waals surface area (Å²) >= 11 is 0. The average molecular weight is 245 g/mol. The standard InChI is InChI=1S/C7H8O3S.Mn.H2O/c1-6-2-4-7(5-3-6)11(8,9)10;;/h2-5H,1H3,(H,8,9,10);;1H2. The molecule has 0 amide bonds. The molecule has 13 heavy (non-hydrogen) atoms. The van der Waals surface area contributed by atoms with Crippen molar-refractivity contribution in [3.05, 3.63) is 29.8 Å². The van der Waals surface area contributed by atoms with Crippen molar-refractivity contribution < 1.29 is 35.5 Å². The molecule has 1 aromatic carbocycles. The van der Waals surface area contributed by atoms with Crippen molar-refractivity contribution in [2.24, 2.45) is 0 Å². The van der Waals surface area contributed by atoms with E-state index >= 15 is 0 Å². The Morgan fingerprint density at radius 3 is 1.85 bits per heavy atom. The molecule has 0 spiro atoms. The van der Waals surface area contributed by atoms with Crippen LogP contribution in [0.4, 0.5) is 0 Å². The van der Waals surface area contributed by atoms with Gasteiger partial charge in [0.1, 0.15) is 0 Å². The van der Waals surface area contributed by atoms with E-state index in [1.54, 1.807) is 12.1 Å². The molecule has 0 unspecified atom stereocenters. The summed E-state index contributed by atoms with van der Waals surface area (Å²) < 4.78 is 29.6. The first-order valence-electron chi connectivity index (χ1n) is 3.04. The average Bonchev–Trinajstić information content (AvgIpc) is 1.86. The van der Waals surface area contributed by atoms with Crippen molar-refractivity contribution >= 4 is 10.1 Å². The van der Waals surface area contributed by atoms with Gasteiger partial charge in [-0.3, -0.25) is 4.55 Å². The normalized spacial score (nSPS) is 9.69. The molecule has 6 heteroatoms. The number of rotatable bonds is 1. The third kappa shape index (κ3) is 4.40. The Labute approximate surface area is 87.5 Å². The summed E-state index contributed by atoms with van der Waals surface area (Å²) in [5.41, 5.74) is 0.956. The van der Waals surface area contributed by atoms with Crippen molar-refractivity contribution in [1.82, 2.24) is 0 Å². The summed E-state index contributed by atoms with van der Waals surface area (Å²) in [5.74, 6) is 0. The SMILES string of the molecule is Cc1ccc(S(=O)(=O)O)cc1.O.[Mn]. The van der Waals surface area contributed by atoms with Gasteiger partial charge in [-0.05, 0) is 19.1 Å². The monoisotopic (exact) mass is 245 g/mol. The van der Waals surface area contributed by atoms with E-state index in [4.69, 9.17) is 4.55 Å². The zero-order valence-corrected chi connectivity index (χ0v) is 8.86. The molecule has 75 valence electrons. The van der Waals surface area contributed by atoms with Crippen LogP contribution in [0, 0.1) is 6.92 Å². The zero-order valence-electron chi connectivity index (χ0n) is 6.86. The van der Waals surface area contributed by atoms with Gasteiger partial charge in [0.05, 0.1) is 4.90 Å². The first-order chi connectivity index (χ1) is 5.00. The Morgan fingerprint density at radius 1 is 1.15 bits per heavy atom. The summed E-state index contributed by atoms with van der Waals surface area (Å²) in [6.07, 6.45) is 0. The van der Waals surface area contributed by atoms with Crippen molar-refractivity contribution in [2.75, 3.05) is 0 Å². The van der Waals surface area contributed by atoms with E-state index in [1.165, 1.54) is 12.1 Å². The van der Waals surface area contributed by atoms with E-state index in [0.29, 0.717) is 0 Å². The first-order valence-corrected chi connectivity index (χ1v) is 4.48. The third-order valence-corrected chi connectivity index (χ3v) is 2.19. The Balaban J connectivity index is 0. The van der Waals surface area contributed by atoms with Crippen LogP contribution in [-0.2, 0) is 27.2 Å². The van der Waals surface area contributed by atoms with Crippen molar-refractivity contribution in [1.29, 1.82) is 0 Å². The van der Waals surface area contributed by atoms with E-state index in [2.05, 4.69) is 0 Å². The molecule has 0 saturated carbocycles. The molecule has 1 rings (SSSR count). The fraction of sp³-hybridized carbons (Fsp3) is 0.143. The molecule has 0 aromatic heterocycles. The van der Waals surface area contributed by atoms with Crippen molar-refractivity contribution in [3.8, 4) is 0 Å². The summed E-state index contributed by atoms with van der Waals surface area (Å²) in [4.78, 5) is -0.0666. The van der Waals surface area contributed by atoms with E-state index < -0.39 is 10.1 Å². The summed E-state index contributed by atoms with van der Waals surface area (Å²) in [5, 5.41) is 0.